The molecule has 4 heterocycles. The molecule has 30 nitrogen and oxygen atoms in total. The van der Waals surface area contributed by atoms with Gasteiger partial charge in [-0.15, -0.1) is 0 Å². The number of hydrogen-bond acceptors (Lipinski definition) is 25. The molecule has 0 radical (unpaired) electrons. The highest BCUT2D eigenvalue weighted by Gasteiger charge is 2.52. The molecular formula is C45H80N6O24. The van der Waals surface area contributed by atoms with Gasteiger partial charge < -0.3 is 121 Å². The van der Waals surface area contributed by atoms with Crippen molar-refractivity contribution >= 4 is 29.5 Å². The van der Waals surface area contributed by atoms with Crippen molar-refractivity contribution < 1.29 is 118 Å². The lowest BCUT2D eigenvalue weighted by Crippen LogP contribution is -2.65. The number of nitrogens with one attached hydrogen (secondary N) is 4. The minimum atomic E-state index is -1.96. The first-order valence-electron chi connectivity index (χ1n) is 25.3. The third kappa shape index (κ3) is 21.4. The van der Waals surface area contributed by atoms with Crippen LogP contribution in [0, 0.1) is 0 Å². The van der Waals surface area contributed by atoms with Gasteiger partial charge in [0.2, 0.25) is 29.5 Å². The molecule has 4 saturated heterocycles. The van der Waals surface area contributed by atoms with Crippen molar-refractivity contribution in [1.29, 1.82) is 0 Å². The van der Waals surface area contributed by atoms with Gasteiger partial charge in [-0.3, -0.25) is 28.9 Å². The van der Waals surface area contributed by atoms with Crippen molar-refractivity contribution in [3.63, 3.8) is 0 Å². The zero-order valence-electron chi connectivity index (χ0n) is 41.8. The minimum absolute atomic E-state index is 0.179. The van der Waals surface area contributed by atoms with Gasteiger partial charge in [0, 0.05) is 45.6 Å². The lowest BCUT2D eigenvalue weighted by Gasteiger charge is -2.46. The Balaban J connectivity index is 1.29. The molecule has 434 valence electrons. The SMILES string of the molecule is NC(=O)CCCCCNC(=O)CN(CC(=O)NCCCCCC(=O)NCCOC1OCCCC1O)CC(=O)NCCO[C@H]1OC(CO[C@H]2OC(CO)[C@@H](O)C(O)C2O)[C@@H](O)C(O[C@H]2OC(CO)[C@@H](O)C(O)C2O)C1O. The Morgan fingerprint density at radius 3 is 1.53 bits per heavy atom. The maximum atomic E-state index is 13.2. The molecule has 0 aromatic heterocycles. The molecular weight excluding hydrogens is 1010 g/mol. The standard InChI is InChI=1S/C45H80N6O24/c46-28(55)9-3-1-5-11-47-30(57)18-51(19-31(58)48-12-6-2-4-10-29(56)49-13-16-69-42-24(54)8-7-15-68-42)20-32(59)50-14-17-70-44-40(67)41(75-45-39(66)37(64)34(61)26(22-53)73-45)35(62)27(74-44)23-71-43-38(65)36(63)33(60)25(21-52)72-43/h24-27,33-45,52-54,60-67H,1-23H2,(H2,46,55)(H,47,57)(H,48,58)(H,49,56)(H,50,59)/t24?,25?,26?,27?,33-,34-,35-,36?,37?,38?,39?,40?,41?,42?,43+,44+,45-/m1/s1. The van der Waals surface area contributed by atoms with Gasteiger partial charge in [0.25, 0.3) is 0 Å². The van der Waals surface area contributed by atoms with Gasteiger partial charge in [-0.2, -0.15) is 0 Å². The van der Waals surface area contributed by atoms with Crippen molar-refractivity contribution in [1.82, 2.24) is 26.2 Å². The van der Waals surface area contributed by atoms with E-state index in [4.69, 9.17) is 43.6 Å². The first-order chi connectivity index (χ1) is 35.8. The van der Waals surface area contributed by atoms with Crippen molar-refractivity contribution in [2.75, 3.05) is 85.5 Å². The maximum absolute atomic E-state index is 13.2. The second kappa shape index (κ2) is 33.8. The van der Waals surface area contributed by atoms with Gasteiger partial charge in [0.05, 0.1) is 52.7 Å². The Kier molecular flexibility index (Phi) is 28.8. The van der Waals surface area contributed by atoms with Gasteiger partial charge in [-0.05, 0) is 38.5 Å². The molecule has 5 amide bonds. The van der Waals surface area contributed by atoms with Gasteiger partial charge >= 0.3 is 0 Å². The Morgan fingerprint density at radius 2 is 0.987 bits per heavy atom. The van der Waals surface area contributed by atoms with E-state index in [1.165, 1.54) is 4.90 Å². The summed E-state index contributed by atoms with van der Waals surface area (Å²) in [6.07, 6.45) is -22.5. The van der Waals surface area contributed by atoms with E-state index in [0.29, 0.717) is 51.6 Å². The quantitative estimate of drug-likeness (QED) is 0.0271. The van der Waals surface area contributed by atoms with Crippen molar-refractivity contribution in [2.24, 2.45) is 5.73 Å². The van der Waals surface area contributed by atoms with Gasteiger partial charge in [-0.1, -0.05) is 12.8 Å². The molecule has 11 unspecified atom stereocenters. The highest BCUT2D eigenvalue weighted by molar-refractivity contribution is 5.84. The molecule has 4 aliphatic heterocycles. The van der Waals surface area contributed by atoms with Gasteiger partial charge in [0.15, 0.2) is 25.2 Å². The summed E-state index contributed by atoms with van der Waals surface area (Å²) in [5.74, 6) is -2.27. The fourth-order valence-corrected chi connectivity index (χ4v) is 8.37. The highest BCUT2D eigenvalue weighted by Crippen LogP contribution is 2.31. The highest BCUT2D eigenvalue weighted by atomic mass is 16.8. The summed E-state index contributed by atoms with van der Waals surface area (Å²) < 4.78 is 44.4. The molecule has 0 aliphatic carbocycles. The number of carbonyl (C=O) groups is 5. The number of nitrogens with two attached hydrogens (primary N) is 1. The molecule has 75 heavy (non-hydrogen) atoms. The number of aliphatic hydroxyl groups is 11. The second-order valence-electron chi connectivity index (χ2n) is 18.7. The third-order valence-corrected chi connectivity index (χ3v) is 12.6. The first-order valence-corrected chi connectivity index (χ1v) is 25.3. The van der Waals surface area contributed by atoms with Crippen LogP contribution in [0.1, 0.15) is 64.2 Å². The summed E-state index contributed by atoms with van der Waals surface area (Å²) in [6.45, 7) is -2.72. The molecule has 0 spiro atoms. The second-order valence-corrected chi connectivity index (χ2v) is 18.7. The summed E-state index contributed by atoms with van der Waals surface area (Å²) >= 11 is 0. The van der Waals surface area contributed by atoms with E-state index in [1.54, 1.807) is 0 Å². The Bertz CT molecular complexity index is 1710. The maximum Gasteiger partial charge on any atom is 0.234 e. The van der Waals surface area contributed by atoms with Crippen LogP contribution in [-0.2, 0) is 61.9 Å². The summed E-state index contributed by atoms with van der Waals surface area (Å²) in [4.78, 5) is 63.8. The molecule has 0 saturated carbocycles. The van der Waals surface area contributed by atoms with E-state index in [-0.39, 0.29) is 64.6 Å². The van der Waals surface area contributed by atoms with E-state index < -0.39 is 161 Å². The molecule has 0 aromatic carbocycles. The summed E-state index contributed by atoms with van der Waals surface area (Å²) in [5.41, 5.74) is 5.18. The topological polar surface area (TPSA) is 459 Å². The van der Waals surface area contributed by atoms with E-state index >= 15 is 0 Å². The number of ether oxygens (including phenoxy) is 8. The van der Waals surface area contributed by atoms with Crippen LogP contribution < -0.4 is 27.0 Å². The molecule has 4 aliphatic rings. The largest absolute Gasteiger partial charge is 0.394 e. The number of nitrogens with zero attached hydrogens (tertiary/aromatic N) is 1. The summed E-state index contributed by atoms with van der Waals surface area (Å²) in [5, 5.41) is 125. The van der Waals surface area contributed by atoms with Crippen LogP contribution in [-0.4, -0.2) is 281 Å². The number of rotatable bonds is 33. The molecule has 4 fully saturated rings. The number of amides is 5. The molecule has 4 rings (SSSR count). The number of primary amides is 1. The lowest BCUT2D eigenvalue weighted by atomic mass is 9.96. The van der Waals surface area contributed by atoms with Crippen LogP contribution in [0.3, 0.4) is 0 Å². The lowest BCUT2D eigenvalue weighted by molar-refractivity contribution is -0.366. The predicted octanol–water partition coefficient (Wildman–Crippen LogP) is -8.66. The van der Waals surface area contributed by atoms with Crippen LogP contribution >= 0.6 is 0 Å². The summed E-state index contributed by atoms with van der Waals surface area (Å²) in [6, 6.07) is 0. The van der Waals surface area contributed by atoms with E-state index in [9.17, 15) is 80.1 Å². The van der Waals surface area contributed by atoms with E-state index in [0.717, 1.165) is 6.42 Å². The van der Waals surface area contributed by atoms with Crippen LogP contribution in [0.2, 0.25) is 0 Å². The fraction of sp³-hybridized carbons (Fsp3) is 0.889. The van der Waals surface area contributed by atoms with Crippen LogP contribution in [0.25, 0.3) is 0 Å². The molecule has 17 atom stereocenters. The number of unbranched alkanes of at least 4 members (excludes halogenated alkanes) is 4. The average molecular weight is 1090 g/mol. The predicted molar refractivity (Wildman–Crippen MR) is 251 cm³/mol. The van der Waals surface area contributed by atoms with Crippen LogP contribution in [0.15, 0.2) is 0 Å². The average Bonchev–Trinajstić information content (AvgIpc) is 3.37. The minimum Gasteiger partial charge on any atom is -0.394 e. The smallest absolute Gasteiger partial charge is 0.234 e. The van der Waals surface area contributed by atoms with Crippen LogP contribution in [0.4, 0.5) is 0 Å². The first kappa shape index (κ1) is 64.1. The van der Waals surface area contributed by atoms with Crippen molar-refractivity contribution in [3.8, 4) is 0 Å². The van der Waals surface area contributed by atoms with E-state index in [1.807, 2.05) is 0 Å². The molecule has 30 heteroatoms. The van der Waals surface area contributed by atoms with Crippen molar-refractivity contribution in [2.45, 2.75) is 169 Å². The monoisotopic (exact) mass is 1090 g/mol. The van der Waals surface area contributed by atoms with Gasteiger partial charge in [-0.25, -0.2) is 0 Å². The third-order valence-electron chi connectivity index (χ3n) is 12.6. The Labute approximate surface area is 433 Å². The Hall–Kier alpha value is -3.45. The van der Waals surface area contributed by atoms with E-state index in [2.05, 4.69) is 21.3 Å². The normalized spacial score (nSPS) is 33.1. The number of hydrogen-bond donors (Lipinski definition) is 16. The van der Waals surface area contributed by atoms with Crippen molar-refractivity contribution in [3.05, 3.63) is 0 Å². The summed E-state index contributed by atoms with van der Waals surface area (Å²) in [7, 11) is 0. The molecule has 17 N–H and O–H groups in total. The van der Waals surface area contributed by atoms with Gasteiger partial charge in [0.1, 0.15) is 79.4 Å². The van der Waals surface area contributed by atoms with Crippen LogP contribution in [0.5, 0.6) is 0 Å². The molecule has 0 aromatic rings. The molecule has 0 bridgehead atoms. The Morgan fingerprint density at radius 1 is 0.507 bits per heavy atom. The fourth-order valence-electron chi connectivity index (χ4n) is 8.37. The number of carbonyl (C=O) groups excluding carboxylic acids is 5. The zero-order chi connectivity index (χ0) is 55.0. The zero-order valence-corrected chi connectivity index (χ0v) is 41.8. The number of aliphatic hydroxyl groups excluding tert-OH is 11.